The standard InChI is InChI=1S/C10H15N5/c1-5(2)9-13-14-10-8(11)6(3)12-7(4)15(9)10/h5H,11H2,1-4H3. The molecule has 0 aliphatic carbocycles. The number of aryl methyl sites for hydroxylation is 2. The van der Waals surface area contributed by atoms with Crippen molar-refractivity contribution in [2.24, 2.45) is 0 Å². The maximum Gasteiger partial charge on any atom is 0.187 e. The van der Waals surface area contributed by atoms with Crippen LogP contribution in [0.15, 0.2) is 0 Å². The van der Waals surface area contributed by atoms with E-state index >= 15 is 0 Å². The van der Waals surface area contributed by atoms with Gasteiger partial charge in [0.25, 0.3) is 0 Å². The zero-order valence-corrected chi connectivity index (χ0v) is 9.44. The summed E-state index contributed by atoms with van der Waals surface area (Å²) in [5.41, 5.74) is 8.05. The number of nitrogen functional groups attached to an aromatic ring is 1. The van der Waals surface area contributed by atoms with E-state index in [2.05, 4.69) is 29.0 Å². The Balaban J connectivity index is 2.87. The fourth-order valence-electron chi connectivity index (χ4n) is 1.68. The highest BCUT2D eigenvalue weighted by molar-refractivity contribution is 5.66. The van der Waals surface area contributed by atoms with Gasteiger partial charge in [0.1, 0.15) is 11.6 Å². The number of nitrogens with zero attached hydrogens (tertiary/aromatic N) is 4. The predicted octanol–water partition coefficient (Wildman–Crippen LogP) is 1.45. The van der Waals surface area contributed by atoms with Gasteiger partial charge in [-0.2, -0.15) is 0 Å². The summed E-state index contributed by atoms with van der Waals surface area (Å²) in [6.07, 6.45) is 0. The summed E-state index contributed by atoms with van der Waals surface area (Å²) in [7, 11) is 0. The molecule has 0 bridgehead atoms. The fraction of sp³-hybridized carbons (Fsp3) is 0.500. The van der Waals surface area contributed by atoms with Gasteiger partial charge in [-0.05, 0) is 13.8 Å². The van der Waals surface area contributed by atoms with Crippen molar-refractivity contribution < 1.29 is 0 Å². The van der Waals surface area contributed by atoms with E-state index < -0.39 is 0 Å². The normalized spacial score (nSPS) is 11.5. The Hall–Kier alpha value is -1.65. The summed E-state index contributed by atoms with van der Waals surface area (Å²) >= 11 is 0. The van der Waals surface area contributed by atoms with Gasteiger partial charge in [-0.3, -0.25) is 4.40 Å². The second-order valence-corrected chi connectivity index (χ2v) is 4.03. The number of rotatable bonds is 1. The van der Waals surface area contributed by atoms with Crippen LogP contribution in [0.3, 0.4) is 0 Å². The van der Waals surface area contributed by atoms with Crippen LogP contribution in [0.5, 0.6) is 0 Å². The first-order valence-corrected chi connectivity index (χ1v) is 5.00. The molecular weight excluding hydrogens is 190 g/mol. The van der Waals surface area contributed by atoms with E-state index in [1.807, 2.05) is 18.2 Å². The maximum absolute atomic E-state index is 5.91. The molecule has 0 saturated carbocycles. The molecule has 0 aliphatic heterocycles. The van der Waals surface area contributed by atoms with Crippen molar-refractivity contribution in [3.63, 3.8) is 0 Å². The van der Waals surface area contributed by atoms with E-state index in [0.29, 0.717) is 17.3 Å². The van der Waals surface area contributed by atoms with Crippen LogP contribution in [0.2, 0.25) is 0 Å². The fourth-order valence-corrected chi connectivity index (χ4v) is 1.68. The van der Waals surface area contributed by atoms with Gasteiger partial charge in [-0.25, -0.2) is 4.98 Å². The molecule has 0 aliphatic rings. The lowest BCUT2D eigenvalue weighted by atomic mass is 10.2. The SMILES string of the molecule is Cc1nc(C)n2c(C(C)C)nnc2c1N. The third kappa shape index (κ3) is 1.35. The quantitative estimate of drug-likeness (QED) is 0.765. The second-order valence-electron chi connectivity index (χ2n) is 4.03. The van der Waals surface area contributed by atoms with Crippen molar-refractivity contribution in [2.75, 3.05) is 5.73 Å². The Morgan fingerprint density at radius 1 is 1.20 bits per heavy atom. The lowest BCUT2D eigenvalue weighted by Gasteiger charge is -2.08. The minimum atomic E-state index is 0.308. The predicted molar refractivity (Wildman–Crippen MR) is 58.8 cm³/mol. The molecule has 80 valence electrons. The molecule has 0 radical (unpaired) electrons. The molecule has 5 heteroatoms. The summed E-state index contributed by atoms with van der Waals surface area (Å²) in [4.78, 5) is 4.37. The minimum Gasteiger partial charge on any atom is -0.394 e. The third-order valence-corrected chi connectivity index (χ3v) is 2.49. The number of aromatic nitrogens is 4. The van der Waals surface area contributed by atoms with Gasteiger partial charge in [0.15, 0.2) is 5.65 Å². The number of anilines is 1. The van der Waals surface area contributed by atoms with Gasteiger partial charge in [-0.1, -0.05) is 13.8 Å². The van der Waals surface area contributed by atoms with Gasteiger partial charge in [0, 0.05) is 5.92 Å². The smallest absolute Gasteiger partial charge is 0.187 e. The summed E-state index contributed by atoms with van der Waals surface area (Å²) in [6.45, 7) is 7.97. The maximum atomic E-state index is 5.91. The van der Waals surface area contributed by atoms with Gasteiger partial charge in [-0.15, -0.1) is 10.2 Å². The molecular formula is C10H15N5. The van der Waals surface area contributed by atoms with Gasteiger partial charge in [0.2, 0.25) is 0 Å². The third-order valence-electron chi connectivity index (χ3n) is 2.49. The summed E-state index contributed by atoms with van der Waals surface area (Å²) in [5, 5.41) is 8.26. The Labute approximate surface area is 88.3 Å². The highest BCUT2D eigenvalue weighted by Crippen LogP contribution is 2.20. The van der Waals surface area contributed by atoms with Crippen LogP contribution in [0.25, 0.3) is 5.65 Å². The van der Waals surface area contributed by atoms with E-state index in [-0.39, 0.29) is 0 Å². The van der Waals surface area contributed by atoms with Crippen LogP contribution < -0.4 is 5.73 Å². The molecule has 0 amide bonds. The second kappa shape index (κ2) is 3.18. The number of fused-ring (bicyclic) bond motifs is 1. The first-order chi connectivity index (χ1) is 7.02. The average molecular weight is 205 g/mol. The Morgan fingerprint density at radius 2 is 1.87 bits per heavy atom. The van der Waals surface area contributed by atoms with Crippen LogP contribution >= 0.6 is 0 Å². The molecule has 5 nitrogen and oxygen atoms in total. The molecule has 2 heterocycles. The zero-order valence-electron chi connectivity index (χ0n) is 9.44. The van der Waals surface area contributed by atoms with Crippen molar-refractivity contribution >= 4 is 11.3 Å². The Kier molecular flexibility index (Phi) is 2.10. The lowest BCUT2D eigenvalue weighted by molar-refractivity contribution is 0.743. The van der Waals surface area contributed by atoms with Gasteiger partial charge in [0.05, 0.1) is 11.4 Å². The molecule has 0 atom stereocenters. The topological polar surface area (TPSA) is 69.1 Å². The average Bonchev–Trinajstić information content (AvgIpc) is 2.58. The largest absolute Gasteiger partial charge is 0.394 e. The van der Waals surface area contributed by atoms with Crippen LogP contribution in [0, 0.1) is 13.8 Å². The highest BCUT2D eigenvalue weighted by atomic mass is 15.3. The molecule has 15 heavy (non-hydrogen) atoms. The molecule has 0 fully saturated rings. The van der Waals surface area contributed by atoms with E-state index in [9.17, 15) is 0 Å². The van der Waals surface area contributed by atoms with Crippen molar-refractivity contribution in [3.8, 4) is 0 Å². The van der Waals surface area contributed by atoms with Crippen LogP contribution in [-0.4, -0.2) is 19.6 Å². The van der Waals surface area contributed by atoms with Gasteiger partial charge >= 0.3 is 0 Å². The summed E-state index contributed by atoms with van der Waals surface area (Å²) in [6, 6.07) is 0. The first kappa shape index (κ1) is 9.89. The molecule has 0 aromatic carbocycles. The summed E-state index contributed by atoms with van der Waals surface area (Å²) in [5.74, 6) is 2.09. The Morgan fingerprint density at radius 3 is 2.47 bits per heavy atom. The molecule has 0 saturated heterocycles. The molecule has 2 aromatic heterocycles. The number of nitrogens with two attached hydrogens (primary N) is 1. The van der Waals surface area contributed by atoms with Gasteiger partial charge < -0.3 is 5.73 Å². The molecule has 2 rings (SSSR count). The number of hydrogen-bond donors (Lipinski definition) is 1. The summed E-state index contributed by atoms with van der Waals surface area (Å²) < 4.78 is 1.92. The lowest BCUT2D eigenvalue weighted by Crippen LogP contribution is -2.06. The Bertz CT molecular complexity index is 512. The van der Waals surface area contributed by atoms with Crippen LogP contribution in [0.4, 0.5) is 5.69 Å². The number of hydrogen-bond acceptors (Lipinski definition) is 4. The van der Waals surface area contributed by atoms with E-state index in [0.717, 1.165) is 17.3 Å². The monoisotopic (exact) mass is 205 g/mol. The van der Waals surface area contributed by atoms with E-state index in [4.69, 9.17) is 5.73 Å². The van der Waals surface area contributed by atoms with Crippen molar-refractivity contribution in [2.45, 2.75) is 33.6 Å². The molecule has 0 unspecified atom stereocenters. The highest BCUT2D eigenvalue weighted by Gasteiger charge is 2.15. The van der Waals surface area contributed by atoms with Crippen LogP contribution in [0.1, 0.15) is 37.1 Å². The first-order valence-electron chi connectivity index (χ1n) is 5.00. The van der Waals surface area contributed by atoms with E-state index in [1.165, 1.54) is 0 Å². The molecule has 0 spiro atoms. The molecule has 2 aromatic rings. The van der Waals surface area contributed by atoms with Crippen LogP contribution in [-0.2, 0) is 0 Å². The van der Waals surface area contributed by atoms with E-state index in [1.54, 1.807) is 0 Å². The van der Waals surface area contributed by atoms with Crippen molar-refractivity contribution in [1.82, 2.24) is 19.6 Å². The van der Waals surface area contributed by atoms with Crippen molar-refractivity contribution in [1.29, 1.82) is 0 Å². The molecule has 2 N–H and O–H groups in total. The zero-order chi connectivity index (χ0) is 11.2. The van der Waals surface area contributed by atoms with Crippen molar-refractivity contribution in [3.05, 3.63) is 17.3 Å². The minimum absolute atomic E-state index is 0.308.